The lowest BCUT2D eigenvalue weighted by Crippen LogP contribution is -2.09. The molecule has 0 saturated carbocycles. The minimum atomic E-state index is -0.826. The second-order valence-corrected chi connectivity index (χ2v) is 3.76. The van der Waals surface area contributed by atoms with E-state index in [-0.39, 0.29) is 20.4 Å². The first-order chi connectivity index (χ1) is 7.52. The van der Waals surface area contributed by atoms with Gasteiger partial charge in [0.05, 0.1) is 21.2 Å². The van der Waals surface area contributed by atoms with Gasteiger partial charge in [0.15, 0.2) is 5.56 Å². The van der Waals surface area contributed by atoms with E-state index < -0.39 is 10.9 Å². The van der Waals surface area contributed by atoms with Gasteiger partial charge in [-0.1, -0.05) is 0 Å². The minimum absolute atomic E-state index is 0.188. The fourth-order valence-electron chi connectivity index (χ4n) is 1.10. The van der Waals surface area contributed by atoms with Crippen LogP contribution in [0.1, 0.15) is 15.9 Å². The molecule has 0 spiro atoms. The first kappa shape index (κ1) is 12.4. The largest absolute Gasteiger partial charge is 0.465 e. The number of hydrogen-bond donors (Lipinski definition) is 0. The molecule has 0 heterocycles. The van der Waals surface area contributed by atoms with Gasteiger partial charge >= 0.3 is 5.97 Å². The van der Waals surface area contributed by atoms with Crippen LogP contribution in [0.4, 0.5) is 5.69 Å². The van der Waals surface area contributed by atoms with Crippen molar-refractivity contribution in [1.82, 2.24) is 0 Å². The zero-order valence-electron chi connectivity index (χ0n) is 8.06. The number of rotatable bonds is 2. The maximum atomic E-state index is 11.4. The third kappa shape index (κ3) is 2.11. The summed E-state index contributed by atoms with van der Waals surface area (Å²) in [7, 11) is 1.13. The molecule has 0 atom stereocenters. The summed E-state index contributed by atoms with van der Waals surface area (Å²) in [5.74, 6) is -0.826. The summed E-state index contributed by atoms with van der Waals surface area (Å²) in [5, 5.41) is 19.5. The van der Waals surface area contributed by atoms with E-state index in [1.165, 1.54) is 6.07 Å². The number of carbonyl (C=O) groups is 1. The third-order valence-corrected chi connectivity index (χ3v) is 2.95. The molecule has 0 bridgehead atoms. The Hall–Kier alpha value is -1.69. The van der Waals surface area contributed by atoms with E-state index in [4.69, 9.17) is 5.26 Å². The number of nitro benzene ring substituents is 1. The number of carbonyl (C=O) groups excluding carboxylic acids is 1. The van der Waals surface area contributed by atoms with Gasteiger partial charge in [-0.25, -0.2) is 4.79 Å². The predicted octanol–water partition coefficient (Wildman–Crippen LogP) is 1.86. The average Bonchev–Trinajstić information content (AvgIpc) is 2.27. The molecule has 0 aromatic heterocycles. The van der Waals surface area contributed by atoms with Crippen LogP contribution in [0.3, 0.4) is 0 Å². The quantitative estimate of drug-likeness (QED) is 0.357. The third-order valence-electron chi connectivity index (χ3n) is 1.83. The normalized spacial score (nSPS) is 9.31. The van der Waals surface area contributed by atoms with Gasteiger partial charge in [-0.2, -0.15) is 5.26 Å². The maximum Gasteiger partial charge on any atom is 0.346 e. The smallest absolute Gasteiger partial charge is 0.346 e. The van der Waals surface area contributed by atoms with Gasteiger partial charge in [0.1, 0.15) is 6.07 Å². The minimum Gasteiger partial charge on any atom is -0.465 e. The Morgan fingerprint density at radius 1 is 1.62 bits per heavy atom. The highest BCUT2D eigenvalue weighted by Crippen LogP contribution is 2.27. The van der Waals surface area contributed by atoms with Crippen molar-refractivity contribution in [2.24, 2.45) is 0 Å². The topological polar surface area (TPSA) is 93.2 Å². The SMILES string of the molecule is COC(=O)c1c([N+](=O)[O-])ccc(C#N)c1I. The van der Waals surface area contributed by atoms with E-state index in [0.717, 1.165) is 13.2 Å². The van der Waals surface area contributed by atoms with Crippen LogP contribution in [-0.4, -0.2) is 18.0 Å². The highest BCUT2D eigenvalue weighted by molar-refractivity contribution is 14.1. The highest BCUT2D eigenvalue weighted by atomic mass is 127. The molecule has 0 radical (unpaired) electrons. The van der Waals surface area contributed by atoms with Gasteiger partial charge in [-0.05, 0) is 28.7 Å². The van der Waals surface area contributed by atoms with Crippen molar-refractivity contribution in [2.75, 3.05) is 7.11 Å². The molecule has 7 heteroatoms. The monoisotopic (exact) mass is 332 g/mol. The number of nitro groups is 1. The van der Waals surface area contributed by atoms with Crippen molar-refractivity contribution in [3.05, 3.63) is 36.9 Å². The van der Waals surface area contributed by atoms with Crippen LogP contribution in [0.25, 0.3) is 0 Å². The predicted molar refractivity (Wildman–Crippen MR) is 61.9 cm³/mol. The van der Waals surface area contributed by atoms with Crippen molar-refractivity contribution < 1.29 is 14.5 Å². The first-order valence-corrected chi connectivity index (χ1v) is 5.06. The summed E-state index contributed by atoms with van der Waals surface area (Å²) in [6.45, 7) is 0. The van der Waals surface area contributed by atoms with Crippen molar-refractivity contribution >= 4 is 34.2 Å². The molecule has 0 aliphatic carbocycles. The molecule has 0 N–H and O–H groups in total. The summed E-state index contributed by atoms with van der Waals surface area (Å²) < 4.78 is 4.67. The lowest BCUT2D eigenvalue weighted by molar-refractivity contribution is -0.385. The molecule has 0 unspecified atom stereocenters. The first-order valence-electron chi connectivity index (χ1n) is 3.98. The lowest BCUT2D eigenvalue weighted by atomic mass is 10.1. The van der Waals surface area contributed by atoms with E-state index >= 15 is 0 Å². The highest BCUT2D eigenvalue weighted by Gasteiger charge is 2.25. The summed E-state index contributed by atoms with van der Waals surface area (Å²) in [6.07, 6.45) is 0. The van der Waals surface area contributed by atoms with Crippen molar-refractivity contribution in [2.45, 2.75) is 0 Å². The molecule has 16 heavy (non-hydrogen) atoms. The number of benzene rings is 1. The Kier molecular flexibility index (Phi) is 3.78. The van der Waals surface area contributed by atoms with Gasteiger partial charge in [-0.15, -0.1) is 0 Å². The van der Waals surface area contributed by atoms with E-state index in [0.29, 0.717) is 0 Å². The standard InChI is InChI=1S/C9H5IN2O4/c1-16-9(13)7-6(12(14)15)3-2-5(4-11)8(7)10/h2-3H,1H3. The zero-order chi connectivity index (χ0) is 12.3. The van der Waals surface area contributed by atoms with E-state index in [2.05, 4.69) is 4.74 Å². The number of hydrogen-bond acceptors (Lipinski definition) is 5. The molecule has 1 aromatic rings. The van der Waals surface area contributed by atoms with Gasteiger partial charge in [0.2, 0.25) is 0 Å². The number of methoxy groups -OCH3 is 1. The molecule has 0 amide bonds. The number of halogens is 1. The van der Waals surface area contributed by atoms with Gasteiger partial charge < -0.3 is 4.74 Å². The molecule has 0 aliphatic rings. The van der Waals surface area contributed by atoms with Gasteiger partial charge in [0.25, 0.3) is 5.69 Å². The zero-order valence-corrected chi connectivity index (χ0v) is 10.2. The Morgan fingerprint density at radius 3 is 2.69 bits per heavy atom. The summed E-state index contributed by atoms with van der Waals surface area (Å²) >= 11 is 1.71. The van der Waals surface area contributed by atoms with Gasteiger partial charge in [0, 0.05) is 6.07 Å². The second kappa shape index (κ2) is 4.89. The Morgan fingerprint density at radius 2 is 2.25 bits per heavy atom. The van der Waals surface area contributed by atoms with Crippen LogP contribution in [0.15, 0.2) is 12.1 Å². The molecule has 0 saturated heterocycles. The van der Waals surface area contributed by atoms with Crippen LogP contribution in [0.5, 0.6) is 0 Å². The molecular weight excluding hydrogens is 327 g/mol. The fraction of sp³-hybridized carbons (Fsp3) is 0.111. The van der Waals surface area contributed by atoms with E-state index in [1.54, 1.807) is 22.6 Å². The van der Waals surface area contributed by atoms with Crippen LogP contribution in [0.2, 0.25) is 0 Å². The van der Waals surface area contributed by atoms with Crippen LogP contribution < -0.4 is 0 Å². The van der Waals surface area contributed by atoms with Crippen molar-refractivity contribution in [3.8, 4) is 6.07 Å². The van der Waals surface area contributed by atoms with Crippen molar-refractivity contribution in [1.29, 1.82) is 5.26 Å². The lowest BCUT2D eigenvalue weighted by Gasteiger charge is -2.04. The molecule has 0 aliphatic heterocycles. The number of esters is 1. The van der Waals surface area contributed by atoms with Crippen molar-refractivity contribution in [3.63, 3.8) is 0 Å². The molecule has 82 valence electrons. The summed E-state index contributed by atoms with van der Waals surface area (Å²) in [6, 6.07) is 4.26. The van der Waals surface area contributed by atoms with Crippen LogP contribution in [0, 0.1) is 25.0 Å². The van der Waals surface area contributed by atoms with Crippen LogP contribution >= 0.6 is 22.6 Å². The number of nitriles is 1. The molecule has 1 aromatic carbocycles. The average molecular weight is 332 g/mol. The Labute approximate surface area is 104 Å². The number of ether oxygens (including phenoxy) is 1. The molecule has 1 rings (SSSR count). The Bertz CT molecular complexity index is 507. The van der Waals surface area contributed by atoms with Gasteiger partial charge in [-0.3, -0.25) is 10.1 Å². The van der Waals surface area contributed by atoms with E-state index in [9.17, 15) is 14.9 Å². The summed E-state index contributed by atoms with van der Waals surface area (Å²) in [4.78, 5) is 21.4. The summed E-state index contributed by atoms with van der Waals surface area (Å²) in [5.41, 5.74) is -0.353. The molecule has 6 nitrogen and oxygen atoms in total. The molecular formula is C9H5IN2O4. The second-order valence-electron chi connectivity index (χ2n) is 2.68. The fourth-order valence-corrected chi connectivity index (χ4v) is 1.90. The Balaban J connectivity index is 3.56. The maximum absolute atomic E-state index is 11.4. The molecule has 0 fully saturated rings. The van der Waals surface area contributed by atoms with E-state index in [1.807, 2.05) is 6.07 Å². The van der Waals surface area contributed by atoms with Crippen LogP contribution in [-0.2, 0) is 4.74 Å². The number of nitrogens with zero attached hydrogens (tertiary/aromatic N) is 2.